The topological polar surface area (TPSA) is 109 Å². The predicted molar refractivity (Wildman–Crippen MR) is 51.4 cm³/mol. The fraction of sp³-hybridized carbons (Fsp3) is 0.500. The normalized spacial score (nSPS) is 20.3. The molecule has 1 aliphatic heterocycles. The third kappa shape index (κ3) is 2.01. The first kappa shape index (κ1) is 10.6. The van der Waals surface area contributed by atoms with Gasteiger partial charge in [0.05, 0.1) is 6.54 Å². The molecule has 1 fully saturated rings. The van der Waals surface area contributed by atoms with Crippen LogP contribution in [-0.4, -0.2) is 42.1 Å². The fourth-order valence-corrected chi connectivity index (χ4v) is 1.32. The maximum Gasteiger partial charge on any atom is 0.292 e. The third-order valence-electron chi connectivity index (χ3n) is 2.18. The van der Waals surface area contributed by atoms with Gasteiger partial charge < -0.3 is 15.2 Å². The van der Waals surface area contributed by atoms with Crippen molar-refractivity contribution in [3.63, 3.8) is 0 Å². The van der Waals surface area contributed by atoms with Gasteiger partial charge >= 0.3 is 0 Å². The van der Waals surface area contributed by atoms with Crippen LogP contribution in [0.5, 0.6) is 0 Å². The van der Waals surface area contributed by atoms with Gasteiger partial charge in [0, 0.05) is 13.6 Å². The first-order valence-corrected chi connectivity index (χ1v) is 4.76. The summed E-state index contributed by atoms with van der Waals surface area (Å²) in [6.45, 7) is 0.566. The Labute approximate surface area is 90.8 Å². The van der Waals surface area contributed by atoms with Crippen LogP contribution in [0.15, 0.2) is 4.52 Å². The lowest BCUT2D eigenvalue weighted by molar-refractivity contribution is -0.121. The summed E-state index contributed by atoms with van der Waals surface area (Å²) in [7, 11) is 1.48. The van der Waals surface area contributed by atoms with Crippen molar-refractivity contribution >= 4 is 11.8 Å². The average molecular weight is 225 g/mol. The lowest BCUT2D eigenvalue weighted by Crippen LogP contribution is -2.47. The van der Waals surface area contributed by atoms with Crippen molar-refractivity contribution in [2.45, 2.75) is 6.04 Å². The van der Waals surface area contributed by atoms with Crippen molar-refractivity contribution in [2.75, 3.05) is 20.1 Å². The minimum absolute atomic E-state index is 0.0174. The van der Waals surface area contributed by atoms with Gasteiger partial charge in [0.15, 0.2) is 0 Å². The minimum Gasteiger partial charge on any atom is -0.353 e. The molecule has 3 N–H and O–H groups in total. The largest absolute Gasteiger partial charge is 0.353 e. The predicted octanol–water partition coefficient (Wildman–Crippen LogP) is -1.81. The highest BCUT2D eigenvalue weighted by atomic mass is 16.5. The van der Waals surface area contributed by atoms with E-state index in [0.717, 1.165) is 0 Å². The van der Waals surface area contributed by atoms with Crippen molar-refractivity contribution in [1.29, 1.82) is 0 Å². The summed E-state index contributed by atoms with van der Waals surface area (Å²) in [6, 6.07) is -0.247. The van der Waals surface area contributed by atoms with Gasteiger partial charge in [0.25, 0.3) is 11.7 Å². The van der Waals surface area contributed by atoms with Crippen LogP contribution < -0.4 is 16.0 Å². The average Bonchev–Trinajstić information content (AvgIpc) is 2.78. The summed E-state index contributed by atoms with van der Waals surface area (Å²) in [4.78, 5) is 26.0. The number of carbonyl (C=O) groups excluding carboxylic acids is 2. The zero-order valence-corrected chi connectivity index (χ0v) is 8.61. The Balaban J connectivity index is 2.07. The summed E-state index contributed by atoms with van der Waals surface area (Å²) in [6.07, 6.45) is 0. The van der Waals surface area contributed by atoms with E-state index in [-0.39, 0.29) is 24.3 Å². The number of rotatable bonds is 2. The number of aromatic nitrogens is 2. The molecule has 0 saturated carbocycles. The van der Waals surface area contributed by atoms with E-state index in [0.29, 0.717) is 12.4 Å². The molecular weight excluding hydrogens is 214 g/mol. The number of nitrogens with zero attached hydrogens (tertiary/aromatic N) is 2. The number of amides is 2. The van der Waals surface area contributed by atoms with Gasteiger partial charge in [-0.25, -0.2) is 0 Å². The van der Waals surface area contributed by atoms with E-state index in [4.69, 9.17) is 4.52 Å². The Kier molecular flexibility index (Phi) is 2.82. The molecule has 16 heavy (non-hydrogen) atoms. The number of piperazine rings is 1. The van der Waals surface area contributed by atoms with E-state index in [9.17, 15) is 9.59 Å². The molecule has 8 nitrogen and oxygen atoms in total. The van der Waals surface area contributed by atoms with Gasteiger partial charge in [-0.3, -0.25) is 14.9 Å². The molecule has 0 bridgehead atoms. The van der Waals surface area contributed by atoms with Crippen LogP contribution in [-0.2, 0) is 4.79 Å². The number of hydrogen-bond donors (Lipinski definition) is 3. The van der Waals surface area contributed by atoms with Gasteiger partial charge in [-0.2, -0.15) is 4.98 Å². The number of hydrogen-bond acceptors (Lipinski definition) is 6. The van der Waals surface area contributed by atoms with Crippen LogP contribution in [0, 0.1) is 0 Å². The second kappa shape index (κ2) is 4.27. The summed E-state index contributed by atoms with van der Waals surface area (Å²) in [5, 5.41) is 11.5. The molecule has 8 heteroatoms. The quantitative estimate of drug-likeness (QED) is 0.547. The van der Waals surface area contributed by atoms with E-state index in [2.05, 4.69) is 26.1 Å². The van der Waals surface area contributed by atoms with Gasteiger partial charge in [0.1, 0.15) is 6.04 Å². The van der Waals surface area contributed by atoms with Gasteiger partial charge in [-0.15, -0.1) is 0 Å². The van der Waals surface area contributed by atoms with Crippen molar-refractivity contribution < 1.29 is 14.1 Å². The lowest BCUT2D eigenvalue weighted by atomic mass is 10.2. The Bertz CT molecular complexity index is 406. The molecule has 2 amide bonds. The summed E-state index contributed by atoms with van der Waals surface area (Å²) >= 11 is 0. The van der Waals surface area contributed by atoms with Crippen LogP contribution >= 0.6 is 0 Å². The van der Waals surface area contributed by atoms with Crippen LogP contribution in [0.2, 0.25) is 0 Å². The Hall–Kier alpha value is -1.96. The first-order valence-electron chi connectivity index (χ1n) is 4.76. The molecule has 0 aromatic carbocycles. The molecule has 1 atom stereocenters. The maximum atomic E-state index is 11.2. The number of carbonyl (C=O) groups is 2. The van der Waals surface area contributed by atoms with Crippen LogP contribution in [0.25, 0.3) is 0 Å². The fourth-order valence-electron chi connectivity index (χ4n) is 1.32. The summed E-state index contributed by atoms with van der Waals surface area (Å²) in [5.74, 6) is -0.216. The molecule has 1 saturated heterocycles. The van der Waals surface area contributed by atoms with Gasteiger partial charge in [-0.05, 0) is 0 Å². The van der Waals surface area contributed by atoms with Crippen LogP contribution in [0.1, 0.15) is 22.6 Å². The molecule has 1 aromatic rings. The van der Waals surface area contributed by atoms with E-state index in [1.54, 1.807) is 0 Å². The monoisotopic (exact) mass is 225 g/mol. The molecule has 1 unspecified atom stereocenters. The summed E-state index contributed by atoms with van der Waals surface area (Å²) < 4.78 is 4.93. The maximum absolute atomic E-state index is 11.2. The highest BCUT2D eigenvalue weighted by molar-refractivity contribution is 5.89. The van der Waals surface area contributed by atoms with E-state index >= 15 is 0 Å². The minimum atomic E-state index is -0.408. The third-order valence-corrected chi connectivity index (χ3v) is 2.18. The molecule has 2 rings (SSSR count). The molecule has 0 aliphatic carbocycles. The van der Waals surface area contributed by atoms with E-state index in [1.807, 2.05) is 0 Å². The molecule has 1 aliphatic rings. The first-order chi connectivity index (χ1) is 7.70. The number of nitrogens with one attached hydrogen (secondary N) is 3. The second-order valence-electron chi connectivity index (χ2n) is 3.27. The van der Waals surface area contributed by atoms with E-state index < -0.39 is 5.91 Å². The van der Waals surface area contributed by atoms with Crippen LogP contribution in [0.3, 0.4) is 0 Å². The molecule has 86 valence electrons. The SMILES string of the molecule is CNC(=O)c1noc(C2CNC(=O)CN2)n1. The Morgan fingerprint density at radius 2 is 2.44 bits per heavy atom. The standard InChI is InChI=1S/C8H11N5O3/c1-9-7(15)6-12-8(16-13-6)4-2-11-5(14)3-10-4/h4,10H,2-3H2,1H3,(H,9,15)(H,11,14). The van der Waals surface area contributed by atoms with Crippen molar-refractivity contribution in [1.82, 2.24) is 26.1 Å². The second-order valence-corrected chi connectivity index (χ2v) is 3.27. The molecule has 1 aromatic heterocycles. The lowest BCUT2D eigenvalue weighted by Gasteiger charge is -2.20. The van der Waals surface area contributed by atoms with Crippen molar-refractivity contribution in [3.8, 4) is 0 Å². The molecule has 2 heterocycles. The van der Waals surface area contributed by atoms with Gasteiger partial charge in [0.2, 0.25) is 11.8 Å². The zero-order valence-electron chi connectivity index (χ0n) is 8.61. The highest BCUT2D eigenvalue weighted by Gasteiger charge is 2.25. The van der Waals surface area contributed by atoms with Crippen molar-refractivity contribution in [2.24, 2.45) is 0 Å². The highest BCUT2D eigenvalue weighted by Crippen LogP contribution is 2.11. The molecule has 0 radical (unpaired) electrons. The van der Waals surface area contributed by atoms with E-state index in [1.165, 1.54) is 7.05 Å². The Morgan fingerprint density at radius 3 is 3.06 bits per heavy atom. The smallest absolute Gasteiger partial charge is 0.292 e. The Morgan fingerprint density at radius 1 is 1.62 bits per heavy atom. The molecule has 0 spiro atoms. The van der Waals surface area contributed by atoms with Crippen LogP contribution in [0.4, 0.5) is 0 Å². The van der Waals surface area contributed by atoms with Crippen molar-refractivity contribution in [3.05, 3.63) is 11.7 Å². The summed E-state index contributed by atoms with van der Waals surface area (Å²) in [5.41, 5.74) is 0. The zero-order chi connectivity index (χ0) is 11.5. The van der Waals surface area contributed by atoms with Gasteiger partial charge in [-0.1, -0.05) is 5.16 Å². The molecular formula is C8H11N5O3.